The number of ketones is 1. The third-order valence-electron chi connectivity index (χ3n) is 4.42. The molecule has 1 aromatic heterocycles. The number of carbonyl (C=O) groups is 1. The fourth-order valence-electron chi connectivity index (χ4n) is 2.96. The van der Waals surface area contributed by atoms with Gasteiger partial charge in [0.2, 0.25) is 0 Å². The van der Waals surface area contributed by atoms with Gasteiger partial charge < -0.3 is 0 Å². The fraction of sp³-hybridized carbons (Fsp3) is 0.667. The van der Waals surface area contributed by atoms with Gasteiger partial charge in [0.15, 0.2) is 5.78 Å². The molecule has 0 saturated heterocycles. The highest BCUT2D eigenvalue weighted by Crippen LogP contribution is 2.36. The van der Waals surface area contributed by atoms with Crippen molar-refractivity contribution in [3.05, 3.63) is 22.4 Å². The molecule has 0 aromatic carbocycles. The molecule has 2 rings (SSSR count). The summed E-state index contributed by atoms with van der Waals surface area (Å²) in [6, 6.07) is 2.07. The van der Waals surface area contributed by atoms with Gasteiger partial charge in [0.05, 0.1) is 5.54 Å². The van der Waals surface area contributed by atoms with E-state index >= 15 is 0 Å². The molecule has 1 aliphatic rings. The maximum absolute atomic E-state index is 12.7. The minimum absolute atomic E-state index is 0.214. The quantitative estimate of drug-likeness (QED) is 0.832. The van der Waals surface area contributed by atoms with Crippen LogP contribution in [0.3, 0.4) is 0 Å². The van der Waals surface area contributed by atoms with Crippen molar-refractivity contribution in [1.82, 2.24) is 4.90 Å². The number of rotatable bonds is 4. The number of likely N-dealkylation sites (N-methyl/N-ethyl adjacent to an activating group) is 1. The lowest BCUT2D eigenvalue weighted by Crippen LogP contribution is -2.53. The van der Waals surface area contributed by atoms with Gasteiger partial charge >= 0.3 is 0 Å². The van der Waals surface area contributed by atoms with Crippen LogP contribution in [-0.2, 0) is 11.2 Å². The second-order valence-corrected chi connectivity index (χ2v) is 6.62. The Labute approximate surface area is 114 Å². The van der Waals surface area contributed by atoms with E-state index in [-0.39, 0.29) is 5.54 Å². The highest BCUT2D eigenvalue weighted by Gasteiger charge is 2.42. The summed E-state index contributed by atoms with van der Waals surface area (Å²) in [6.45, 7) is 2.29. The zero-order chi connectivity index (χ0) is 13.2. The van der Waals surface area contributed by atoms with Crippen LogP contribution in [0.1, 0.15) is 38.2 Å². The normalized spacial score (nSPS) is 28.6. The molecule has 100 valence electrons. The van der Waals surface area contributed by atoms with Crippen molar-refractivity contribution in [1.29, 1.82) is 0 Å². The van der Waals surface area contributed by atoms with Gasteiger partial charge in [-0.1, -0.05) is 6.92 Å². The molecule has 0 unspecified atom stereocenters. The lowest BCUT2D eigenvalue weighted by molar-refractivity contribution is -0.131. The Bertz CT molecular complexity index is 389. The van der Waals surface area contributed by atoms with Crippen LogP contribution < -0.4 is 0 Å². The van der Waals surface area contributed by atoms with Crippen molar-refractivity contribution in [3.8, 4) is 0 Å². The van der Waals surface area contributed by atoms with E-state index in [2.05, 4.69) is 37.4 Å². The van der Waals surface area contributed by atoms with Gasteiger partial charge in [0.1, 0.15) is 0 Å². The zero-order valence-corrected chi connectivity index (χ0v) is 12.4. The van der Waals surface area contributed by atoms with Crippen molar-refractivity contribution in [2.45, 2.75) is 44.6 Å². The van der Waals surface area contributed by atoms with Gasteiger partial charge in [-0.15, -0.1) is 0 Å². The zero-order valence-electron chi connectivity index (χ0n) is 11.6. The second-order valence-electron chi connectivity index (χ2n) is 5.84. The van der Waals surface area contributed by atoms with Gasteiger partial charge in [-0.25, -0.2) is 0 Å². The van der Waals surface area contributed by atoms with Crippen LogP contribution in [-0.4, -0.2) is 30.3 Å². The van der Waals surface area contributed by atoms with Gasteiger partial charge in [0.25, 0.3) is 0 Å². The summed E-state index contributed by atoms with van der Waals surface area (Å²) in [7, 11) is 4.11. The number of thiophene rings is 1. The molecule has 1 aliphatic carbocycles. The third-order valence-corrected chi connectivity index (χ3v) is 5.15. The maximum atomic E-state index is 12.7. The smallest absolute Gasteiger partial charge is 0.157 e. The average molecular weight is 265 g/mol. The molecule has 0 aliphatic heterocycles. The Morgan fingerprint density at radius 1 is 1.44 bits per heavy atom. The van der Waals surface area contributed by atoms with E-state index in [9.17, 15) is 4.79 Å². The molecule has 0 spiro atoms. The predicted molar refractivity (Wildman–Crippen MR) is 77.1 cm³/mol. The topological polar surface area (TPSA) is 20.3 Å². The lowest BCUT2D eigenvalue weighted by atomic mass is 9.73. The summed E-state index contributed by atoms with van der Waals surface area (Å²) in [6.07, 6.45) is 4.98. The van der Waals surface area contributed by atoms with E-state index in [0.29, 0.717) is 12.2 Å². The van der Waals surface area contributed by atoms with Crippen LogP contribution in [0.5, 0.6) is 0 Å². The summed E-state index contributed by atoms with van der Waals surface area (Å²) >= 11 is 1.67. The molecular formula is C15H23NOS. The second kappa shape index (κ2) is 5.54. The highest BCUT2D eigenvalue weighted by molar-refractivity contribution is 7.08. The average Bonchev–Trinajstić information content (AvgIpc) is 2.82. The molecule has 0 radical (unpaired) electrons. The molecule has 1 fully saturated rings. The number of carbonyl (C=O) groups excluding carboxylic acids is 1. The SMILES string of the molecule is CC1CCC(C(=O)Cc2ccsc2)(N(C)C)CC1. The molecule has 0 bridgehead atoms. The Hall–Kier alpha value is -0.670. The molecule has 0 amide bonds. The van der Waals surface area contributed by atoms with Crippen LogP contribution in [0.25, 0.3) is 0 Å². The minimum atomic E-state index is -0.214. The van der Waals surface area contributed by atoms with E-state index in [4.69, 9.17) is 0 Å². The van der Waals surface area contributed by atoms with Crippen LogP contribution >= 0.6 is 11.3 Å². The predicted octanol–water partition coefficient (Wildman–Crippen LogP) is 3.37. The van der Waals surface area contributed by atoms with E-state index in [1.165, 1.54) is 18.4 Å². The molecule has 1 aromatic rings. The van der Waals surface area contributed by atoms with E-state index in [0.717, 1.165) is 18.8 Å². The third kappa shape index (κ3) is 2.67. The molecule has 1 heterocycles. The number of hydrogen-bond donors (Lipinski definition) is 0. The Balaban J connectivity index is 2.12. The first-order valence-corrected chi connectivity index (χ1v) is 7.71. The number of Topliss-reactive ketones (excluding diaryl/α,β-unsaturated/α-hetero) is 1. The van der Waals surface area contributed by atoms with Crippen molar-refractivity contribution < 1.29 is 4.79 Å². The maximum Gasteiger partial charge on any atom is 0.157 e. The van der Waals surface area contributed by atoms with E-state index in [1.54, 1.807) is 11.3 Å². The van der Waals surface area contributed by atoms with Crippen molar-refractivity contribution in [3.63, 3.8) is 0 Å². The minimum Gasteiger partial charge on any atom is -0.297 e. The van der Waals surface area contributed by atoms with Crippen LogP contribution in [0.4, 0.5) is 0 Å². The van der Waals surface area contributed by atoms with Crippen molar-refractivity contribution in [2.75, 3.05) is 14.1 Å². The van der Waals surface area contributed by atoms with Crippen LogP contribution in [0.15, 0.2) is 16.8 Å². The standard InChI is InChI=1S/C15H23NOS/c1-12-4-7-15(8-5-12,16(2)3)14(17)10-13-6-9-18-11-13/h6,9,11-12H,4-5,7-8,10H2,1-3H3. The first-order chi connectivity index (χ1) is 8.54. The largest absolute Gasteiger partial charge is 0.297 e. The number of hydrogen-bond acceptors (Lipinski definition) is 3. The summed E-state index contributed by atoms with van der Waals surface area (Å²) in [4.78, 5) is 14.9. The first-order valence-electron chi connectivity index (χ1n) is 6.76. The van der Waals surface area contributed by atoms with Gasteiger partial charge in [0, 0.05) is 6.42 Å². The lowest BCUT2D eigenvalue weighted by Gasteiger charge is -2.43. The molecule has 0 N–H and O–H groups in total. The fourth-order valence-corrected chi connectivity index (χ4v) is 3.63. The van der Waals surface area contributed by atoms with E-state index < -0.39 is 0 Å². The van der Waals surface area contributed by atoms with Gasteiger partial charge in [-0.05, 0) is 68.1 Å². The van der Waals surface area contributed by atoms with Gasteiger partial charge in [-0.3, -0.25) is 9.69 Å². The molecule has 2 nitrogen and oxygen atoms in total. The van der Waals surface area contributed by atoms with Crippen molar-refractivity contribution >= 4 is 17.1 Å². The molecule has 18 heavy (non-hydrogen) atoms. The monoisotopic (exact) mass is 265 g/mol. The van der Waals surface area contributed by atoms with Crippen LogP contribution in [0, 0.1) is 5.92 Å². The summed E-state index contributed by atoms with van der Waals surface area (Å²) in [5, 5.41) is 4.14. The Morgan fingerprint density at radius 2 is 2.11 bits per heavy atom. The Kier molecular flexibility index (Phi) is 4.23. The molecule has 0 atom stereocenters. The summed E-state index contributed by atoms with van der Waals surface area (Å²) in [5.74, 6) is 1.17. The number of nitrogens with zero attached hydrogens (tertiary/aromatic N) is 1. The highest BCUT2D eigenvalue weighted by atomic mass is 32.1. The molecular weight excluding hydrogens is 242 g/mol. The summed E-state index contributed by atoms with van der Waals surface area (Å²) < 4.78 is 0. The molecule has 3 heteroatoms. The summed E-state index contributed by atoms with van der Waals surface area (Å²) in [5.41, 5.74) is 0.957. The van der Waals surface area contributed by atoms with Crippen LogP contribution in [0.2, 0.25) is 0 Å². The first kappa shape index (κ1) is 13.8. The van der Waals surface area contributed by atoms with Gasteiger partial charge in [-0.2, -0.15) is 11.3 Å². The molecule has 1 saturated carbocycles. The van der Waals surface area contributed by atoms with Crippen molar-refractivity contribution in [2.24, 2.45) is 5.92 Å². The van der Waals surface area contributed by atoms with E-state index in [1.807, 2.05) is 5.38 Å². The Morgan fingerprint density at radius 3 is 2.61 bits per heavy atom.